The summed E-state index contributed by atoms with van der Waals surface area (Å²) < 4.78 is 0.994. The van der Waals surface area contributed by atoms with E-state index in [1.807, 2.05) is 101 Å². The van der Waals surface area contributed by atoms with E-state index in [-0.39, 0.29) is 5.78 Å². The third kappa shape index (κ3) is 3.98. The number of carbonyl (C=O) groups excluding carboxylic acids is 1. The molecule has 6 rings (SSSR count). The van der Waals surface area contributed by atoms with E-state index in [4.69, 9.17) is 21.8 Å². The van der Waals surface area contributed by atoms with E-state index in [0.717, 1.165) is 32.6 Å². The van der Waals surface area contributed by atoms with Crippen molar-refractivity contribution in [1.82, 2.24) is 0 Å². The Labute approximate surface area is 232 Å². The van der Waals surface area contributed by atoms with Gasteiger partial charge in [-0.25, -0.2) is 10.0 Å². The van der Waals surface area contributed by atoms with E-state index < -0.39 is 4.99 Å². The van der Waals surface area contributed by atoms with Crippen molar-refractivity contribution in [1.29, 1.82) is 0 Å². The number of hydrogen-bond acceptors (Lipinski definition) is 6. The number of rotatable bonds is 4. The molecule has 0 aliphatic carbocycles. The Morgan fingerprint density at radius 1 is 0.838 bits per heavy atom. The number of halogens is 2. The summed E-state index contributed by atoms with van der Waals surface area (Å²) in [5, 5.41) is 14.8. The summed E-state index contributed by atoms with van der Waals surface area (Å²) in [5.41, 5.74) is 5.26. The van der Waals surface area contributed by atoms with Crippen LogP contribution < -0.4 is 10.0 Å². The number of para-hydroxylation sites is 2. The fourth-order valence-electron chi connectivity index (χ4n) is 4.57. The minimum Gasteiger partial charge on any atom is -0.292 e. The van der Waals surface area contributed by atoms with Crippen molar-refractivity contribution in [2.45, 2.75) is 11.9 Å². The molecule has 0 radical (unpaired) electrons. The predicted octanol–water partition coefficient (Wildman–Crippen LogP) is 7.64. The van der Waals surface area contributed by atoms with Crippen LogP contribution in [0.5, 0.6) is 0 Å². The van der Waals surface area contributed by atoms with Crippen LogP contribution in [-0.4, -0.2) is 16.5 Å². The highest BCUT2D eigenvalue weighted by Gasteiger charge is 2.56. The number of carbonyl (C=O) groups is 1. The van der Waals surface area contributed by atoms with E-state index in [2.05, 4.69) is 28.1 Å². The molecule has 0 amide bonds. The van der Waals surface area contributed by atoms with Crippen LogP contribution >= 0.6 is 39.3 Å². The molecule has 1 atom stereocenters. The summed E-state index contributed by atoms with van der Waals surface area (Å²) in [4.78, 5) is 11.7. The molecular weight excluding hydrogens is 568 g/mol. The molecule has 0 N–H and O–H groups in total. The van der Waals surface area contributed by atoms with Crippen molar-refractivity contribution in [3.05, 3.63) is 129 Å². The maximum Gasteiger partial charge on any atom is 0.234 e. The largest absolute Gasteiger partial charge is 0.292 e. The molecule has 0 bridgehead atoms. The van der Waals surface area contributed by atoms with Gasteiger partial charge in [-0.05, 0) is 48.2 Å². The van der Waals surface area contributed by atoms with Crippen LogP contribution in [0.1, 0.15) is 23.6 Å². The van der Waals surface area contributed by atoms with Gasteiger partial charge in [0.25, 0.3) is 0 Å². The van der Waals surface area contributed by atoms with Gasteiger partial charge < -0.3 is 0 Å². The van der Waals surface area contributed by atoms with Gasteiger partial charge in [0.05, 0.1) is 22.1 Å². The molecule has 0 fully saturated rings. The average Bonchev–Trinajstić information content (AvgIpc) is 3.31. The zero-order valence-electron chi connectivity index (χ0n) is 19.7. The number of fused-ring (bicyclic) bond motifs is 2. The summed E-state index contributed by atoms with van der Waals surface area (Å²) in [6.45, 7) is 1.54. The van der Waals surface area contributed by atoms with Crippen LogP contribution in [-0.2, 0) is 9.79 Å². The van der Waals surface area contributed by atoms with E-state index in [1.165, 1.54) is 18.7 Å². The van der Waals surface area contributed by atoms with Gasteiger partial charge in [0.2, 0.25) is 4.99 Å². The molecule has 4 aromatic carbocycles. The standard InChI is InChI=1S/C29H20BrClN4OS/c1-19(36)28-33-35(26-14-8-7-13-25(26)31)29(37-28)24-12-6-5-11-23(24)27(20-15-17-21(30)18-16-20)32-34(29)22-9-3-2-4-10-22/h2-18H,1H3/t29-/m1/s1. The van der Waals surface area contributed by atoms with Crippen molar-refractivity contribution in [3.8, 4) is 0 Å². The van der Waals surface area contributed by atoms with Gasteiger partial charge in [-0.1, -0.05) is 94.3 Å². The van der Waals surface area contributed by atoms with Crippen molar-refractivity contribution in [2.75, 3.05) is 10.0 Å². The predicted molar refractivity (Wildman–Crippen MR) is 156 cm³/mol. The molecule has 2 heterocycles. The summed E-state index contributed by atoms with van der Waals surface area (Å²) in [7, 11) is 0. The number of thioether (sulfide) groups is 1. The smallest absolute Gasteiger partial charge is 0.234 e. The van der Waals surface area contributed by atoms with Crippen molar-refractivity contribution in [2.24, 2.45) is 10.2 Å². The van der Waals surface area contributed by atoms with Gasteiger partial charge in [-0.15, -0.1) is 0 Å². The minimum absolute atomic E-state index is 0.118. The molecular formula is C29H20BrClN4OS. The lowest BCUT2D eigenvalue weighted by molar-refractivity contribution is -0.110. The van der Waals surface area contributed by atoms with Gasteiger partial charge in [-0.3, -0.25) is 4.79 Å². The molecule has 2 aliphatic heterocycles. The first-order valence-corrected chi connectivity index (χ1v) is 13.6. The SMILES string of the molecule is CC(=O)C1=NN(c2ccccc2Cl)[C@@]2(S1)c1ccccc1C(c1ccc(Br)cc1)=NN2c1ccccc1. The van der Waals surface area contributed by atoms with E-state index in [0.29, 0.717) is 15.8 Å². The number of ketones is 1. The van der Waals surface area contributed by atoms with Gasteiger partial charge in [0, 0.05) is 28.1 Å². The molecule has 0 saturated heterocycles. The number of hydrazone groups is 2. The van der Waals surface area contributed by atoms with Gasteiger partial charge >= 0.3 is 0 Å². The van der Waals surface area contributed by atoms with Gasteiger partial charge in [-0.2, -0.15) is 10.2 Å². The van der Waals surface area contributed by atoms with E-state index in [9.17, 15) is 4.79 Å². The average molecular weight is 588 g/mol. The Morgan fingerprint density at radius 2 is 1.51 bits per heavy atom. The maximum atomic E-state index is 12.7. The highest BCUT2D eigenvalue weighted by atomic mass is 79.9. The van der Waals surface area contributed by atoms with E-state index in [1.54, 1.807) is 0 Å². The molecule has 37 heavy (non-hydrogen) atoms. The first-order valence-electron chi connectivity index (χ1n) is 11.6. The normalized spacial score (nSPS) is 18.5. The van der Waals surface area contributed by atoms with Crippen LogP contribution in [0.2, 0.25) is 5.02 Å². The van der Waals surface area contributed by atoms with Crippen LogP contribution in [0, 0.1) is 0 Å². The van der Waals surface area contributed by atoms with Crippen molar-refractivity contribution >= 4 is 67.2 Å². The molecule has 5 nitrogen and oxygen atoms in total. The van der Waals surface area contributed by atoms with Crippen LogP contribution in [0.4, 0.5) is 11.4 Å². The van der Waals surface area contributed by atoms with Crippen LogP contribution in [0.15, 0.2) is 118 Å². The Balaban J connectivity index is 1.68. The molecule has 4 aromatic rings. The molecule has 2 aliphatic rings. The first kappa shape index (κ1) is 24.0. The first-order chi connectivity index (χ1) is 18.0. The molecule has 8 heteroatoms. The second-order valence-electron chi connectivity index (χ2n) is 8.58. The van der Waals surface area contributed by atoms with E-state index >= 15 is 0 Å². The number of nitrogens with zero attached hydrogens (tertiary/aromatic N) is 4. The number of anilines is 2. The summed E-state index contributed by atoms with van der Waals surface area (Å²) in [6.07, 6.45) is 0. The Morgan fingerprint density at radius 3 is 2.24 bits per heavy atom. The zero-order valence-corrected chi connectivity index (χ0v) is 22.8. The minimum atomic E-state index is -1.02. The van der Waals surface area contributed by atoms with Crippen LogP contribution in [0.25, 0.3) is 0 Å². The third-order valence-corrected chi connectivity index (χ3v) is 8.50. The quantitative estimate of drug-likeness (QED) is 0.246. The Hall–Kier alpha value is -3.39. The molecule has 0 saturated carbocycles. The third-order valence-electron chi connectivity index (χ3n) is 6.24. The summed E-state index contributed by atoms with van der Waals surface area (Å²) in [6, 6.07) is 33.7. The lowest BCUT2D eigenvalue weighted by Gasteiger charge is -2.47. The van der Waals surface area contributed by atoms with Gasteiger partial charge in [0.15, 0.2) is 10.8 Å². The molecule has 0 aromatic heterocycles. The lowest BCUT2D eigenvalue weighted by Crippen LogP contribution is -2.54. The Kier molecular flexibility index (Phi) is 6.15. The fraction of sp³-hybridized carbons (Fsp3) is 0.0690. The number of hydrogen-bond donors (Lipinski definition) is 0. The summed E-state index contributed by atoms with van der Waals surface area (Å²) >= 11 is 11.6. The number of benzene rings is 4. The van der Waals surface area contributed by atoms with Crippen molar-refractivity contribution < 1.29 is 4.79 Å². The number of Topliss-reactive ketones (excluding diaryl/α,β-unsaturated/α-hetero) is 1. The summed E-state index contributed by atoms with van der Waals surface area (Å²) in [5.74, 6) is -0.118. The van der Waals surface area contributed by atoms with Crippen molar-refractivity contribution in [3.63, 3.8) is 0 Å². The second-order valence-corrected chi connectivity index (χ2v) is 11.1. The highest BCUT2D eigenvalue weighted by Crippen LogP contribution is 2.55. The molecule has 182 valence electrons. The topological polar surface area (TPSA) is 48.3 Å². The monoisotopic (exact) mass is 586 g/mol. The molecule has 1 spiro atoms. The zero-order chi connectivity index (χ0) is 25.6. The molecule has 0 unspecified atom stereocenters. The van der Waals surface area contributed by atoms with Crippen LogP contribution in [0.3, 0.4) is 0 Å². The second kappa shape index (κ2) is 9.49. The lowest BCUT2D eigenvalue weighted by atomic mass is 9.93. The maximum absolute atomic E-state index is 12.7. The highest BCUT2D eigenvalue weighted by molar-refractivity contribution is 9.10. The van der Waals surface area contributed by atoms with Gasteiger partial charge in [0.1, 0.15) is 0 Å². The Bertz CT molecular complexity index is 1570. The fourth-order valence-corrected chi connectivity index (χ4v) is 6.34.